The predicted octanol–water partition coefficient (Wildman–Crippen LogP) is 1.06. The minimum absolute atomic E-state index is 0.366. The van der Waals surface area contributed by atoms with E-state index in [2.05, 4.69) is 32.1 Å². The van der Waals surface area contributed by atoms with Crippen molar-refractivity contribution >= 4 is 0 Å². The first-order valence-corrected chi connectivity index (χ1v) is 7.65. The minimum atomic E-state index is -0.366. The van der Waals surface area contributed by atoms with Gasteiger partial charge in [0.15, 0.2) is 0 Å². The molecule has 0 saturated carbocycles. The molecule has 0 radical (unpaired) electrons. The molecule has 0 spiro atoms. The van der Waals surface area contributed by atoms with Crippen LogP contribution in [0.3, 0.4) is 0 Å². The van der Waals surface area contributed by atoms with Crippen LogP contribution in [0.15, 0.2) is 34.7 Å². The average Bonchev–Trinajstić information content (AvgIpc) is 2.82. The summed E-state index contributed by atoms with van der Waals surface area (Å²) < 4.78 is 5.43. The summed E-state index contributed by atoms with van der Waals surface area (Å²) >= 11 is 0. The van der Waals surface area contributed by atoms with Gasteiger partial charge in [0.1, 0.15) is 0 Å². The Morgan fingerprint density at radius 1 is 1.09 bits per heavy atom. The van der Waals surface area contributed by atoms with Gasteiger partial charge < -0.3 is 9.52 Å². The van der Waals surface area contributed by atoms with E-state index in [9.17, 15) is 5.11 Å². The van der Waals surface area contributed by atoms with Gasteiger partial charge in [0.25, 0.3) is 0 Å². The van der Waals surface area contributed by atoms with Crippen molar-refractivity contribution in [3.8, 4) is 0 Å². The van der Waals surface area contributed by atoms with Gasteiger partial charge in [-0.1, -0.05) is 30.3 Å². The number of aromatic nitrogens is 2. The Balaban J connectivity index is 1.58. The summed E-state index contributed by atoms with van der Waals surface area (Å²) in [6, 6.07) is 10.4. The molecule has 6 heteroatoms. The van der Waals surface area contributed by atoms with Gasteiger partial charge in [-0.05, 0) is 5.56 Å². The molecule has 0 bridgehead atoms. The molecule has 6 nitrogen and oxygen atoms in total. The molecule has 0 amide bonds. The van der Waals surface area contributed by atoms with E-state index < -0.39 is 0 Å². The molecule has 1 aliphatic rings. The standard InChI is InChI=1S/C16H22N4O2/c1-13-17-18-16(22-13)12-20-8-7-19(10-15(21)11-20)9-14-5-3-2-4-6-14/h2-6,15,21H,7-12H2,1H3/t15-/m1/s1. The van der Waals surface area contributed by atoms with Gasteiger partial charge in [-0.25, -0.2) is 0 Å². The molecule has 1 aromatic carbocycles. The van der Waals surface area contributed by atoms with Crippen LogP contribution in [0.1, 0.15) is 17.3 Å². The third-order valence-electron chi connectivity index (χ3n) is 3.85. The van der Waals surface area contributed by atoms with Crippen molar-refractivity contribution in [2.75, 3.05) is 26.2 Å². The second-order valence-electron chi connectivity index (χ2n) is 5.82. The van der Waals surface area contributed by atoms with Crippen molar-refractivity contribution < 1.29 is 9.52 Å². The Morgan fingerprint density at radius 2 is 1.77 bits per heavy atom. The SMILES string of the molecule is Cc1nnc(CN2CCN(Cc3ccccc3)C[C@@H](O)C2)o1. The highest BCUT2D eigenvalue weighted by molar-refractivity contribution is 5.14. The van der Waals surface area contributed by atoms with E-state index in [1.807, 2.05) is 18.2 Å². The highest BCUT2D eigenvalue weighted by Crippen LogP contribution is 2.11. The normalized spacial score (nSPS) is 20.9. The second kappa shape index (κ2) is 7.00. The summed E-state index contributed by atoms with van der Waals surface area (Å²) in [6.45, 7) is 6.36. The first-order chi connectivity index (χ1) is 10.7. The van der Waals surface area contributed by atoms with Crippen molar-refractivity contribution in [1.29, 1.82) is 0 Å². The lowest BCUT2D eigenvalue weighted by atomic mass is 10.2. The molecule has 1 aromatic heterocycles. The zero-order valence-electron chi connectivity index (χ0n) is 12.9. The van der Waals surface area contributed by atoms with Crippen LogP contribution in [0.25, 0.3) is 0 Å². The van der Waals surface area contributed by atoms with E-state index in [1.165, 1.54) is 5.56 Å². The number of benzene rings is 1. The van der Waals surface area contributed by atoms with Crippen LogP contribution < -0.4 is 0 Å². The quantitative estimate of drug-likeness (QED) is 0.911. The maximum atomic E-state index is 10.2. The van der Waals surface area contributed by atoms with Gasteiger partial charge in [0.05, 0.1) is 12.6 Å². The van der Waals surface area contributed by atoms with Crippen molar-refractivity contribution in [2.24, 2.45) is 0 Å². The summed E-state index contributed by atoms with van der Waals surface area (Å²) in [5.74, 6) is 1.19. The Labute approximate surface area is 130 Å². The van der Waals surface area contributed by atoms with Crippen molar-refractivity contribution in [3.05, 3.63) is 47.7 Å². The van der Waals surface area contributed by atoms with Gasteiger partial charge in [0.2, 0.25) is 11.8 Å². The van der Waals surface area contributed by atoms with E-state index in [4.69, 9.17) is 4.42 Å². The molecule has 118 valence electrons. The average molecular weight is 302 g/mol. The molecule has 1 atom stereocenters. The molecule has 2 aromatic rings. The van der Waals surface area contributed by atoms with Crippen molar-refractivity contribution in [1.82, 2.24) is 20.0 Å². The second-order valence-corrected chi connectivity index (χ2v) is 5.82. The third-order valence-corrected chi connectivity index (χ3v) is 3.85. The highest BCUT2D eigenvalue weighted by Gasteiger charge is 2.22. The highest BCUT2D eigenvalue weighted by atomic mass is 16.4. The van der Waals surface area contributed by atoms with Crippen LogP contribution >= 0.6 is 0 Å². The van der Waals surface area contributed by atoms with Crippen LogP contribution in [0.4, 0.5) is 0 Å². The van der Waals surface area contributed by atoms with E-state index in [0.717, 1.165) is 19.6 Å². The van der Waals surface area contributed by atoms with E-state index in [1.54, 1.807) is 6.92 Å². The molecule has 1 saturated heterocycles. The van der Waals surface area contributed by atoms with Gasteiger partial charge >= 0.3 is 0 Å². The van der Waals surface area contributed by atoms with E-state index >= 15 is 0 Å². The largest absolute Gasteiger partial charge is 0.424 e. The van der Waals surface area contributed by atoms with Crippen molar-refractivity contribution in [2.45, 2.75) is 26.1 Å². The Hall–Kier alpha value is -1.76. The lowest BCUT2D eigenvalue weighted by Crippen LogP contribution is -2.33. The predicted molar refractivity (Wildman–Crippen MR) is 82.0 cm³/mol. The lowest BCUT2D eigenvalue weighted by Gasteiger charge is -2.21. The maximum Gasteiger partial charge on any atom is 0.230 e. The molecule has 0 aliphatic carbocycles. The van der Waals surface area contributed by atoms with Gasteiger partial charge in [-0.2, -0.15) is 0 Å². The molecule has 22 heavy (non-hydrogen) atoms. The number of hydrogen-bond donors (Lipinski definition) is 1. The van der Waals surface area contributed by atoms with Crippen LogP contribution in [0.2, 0.25) is 0 Å². The summed E-state index contributed by atoms with van der Waals surface area (Å²) in [5.41, 5.74) is 1.27. The number of aliphatic hydroxyl groups excluding tert-OH is 1. The maximum absolute atomic E-state index is 10.2. The number of aliphatic hydroxyl groups is 1. The van der Waals surface area contributed by atoms with Gasteiger partial charge in [-0.3, -0.25) is 9.80 Å². The van der Waals surface area contributed by atoms with Crippen LogP contribution in [0, 0.1) is 6.92 Å². The molecular weight excluding hydrogens is 280 g/mol. The fraction of sp³-hybridized carbons (Fsp3) is 0.500. The summed E-state index contributed by atoms with van der Waals surface area (Å²) in [6.07, 6.45) is -0.366. The first-order valence-electron chi connectivity index (χ1n) is 7.65. The number of β-amino-alcohol motifs (C(OH)–C–C–N with tert-alkyl or cyclic N) is 1. The zero-order chi connectivity index (χ0) is 15.4. The molecular formula is C16H22N4O2. The lowest BCUT2D eigenvalue weighted by molar-refractivity contribution is 0.103. The van der Waals surface area contributed by atoms with Gasteiger partial charge in [-0.15, -0.1) is 10.2 Å². The van der Waals surface area contributed by atoms with Crippen LogP contribution in [-0.2, 0) is 13.1 Å². The molecule has 1 N–H and O–H groups in total. The molecule has 0 unspecified atom stereocenters. The smallest absolute Gasteiger partial charge is 0.230 e. The fourth-order valence-corrected chi connectivity index (χ4v) is 2.84. The first kappa shape index (κ1) is 15.1. The Kier molecular flexibility index (Phi) is 4.82. The summed E-state index contributed by atoms with van der Waals surface area (Å²) in [4.78, 5) is 4.46. The summed E-state index contributed by atoms with van der Waals surface area (Å²) in [7, 11) is 0. The topological polar surface area (TPSA) is 65.6 Å². The summed E-state index contributed by atoms with van der Waals surface area (Å²) in [5, 5.41) is 18.1. The monoisotopic (exact) mass is 302 g/mol. The molecule has 2 heterocycles. The van der Waals surface area contributed by atoms with E-state index in [-0.39, 0.29) is 6.10 Å². The number of aryl methyl sites for hydroxylation is 1. The minimum Gasteiger partial charge on any atom is -0.424 e. The van der Waals surface area contributed by atoms with Crippen LogP contribution in [0.5, 0.6) is 0 Å². The number of nitrogens with zero attached hydrogens (tertiary/aromatic N) is 4. The van der Waals surface area contributed by atoms with Gasteiger partial charge in [0, 0.05) is 39.6 Å². The number of rotatable bonds is 4. The Morgan fingerprint density at radius 3 is 2.41 bits per heavy atom. The zero-order valence-corrected chi connectivity index (χ0v) is 12.9. The van der Waals surface area contributed by atoms with E-state index in [0.29, 0.717) is 31.4 Å². The fourth-order valence-electron chi connectivity index (χ4n) is 2.84. The Bertz CT molecular complexity index is 587. The number of hydrogen-bond acceptors (Lipinski definition) is 6. The molecule has 3 rings (SSSR count). The van der Waals surface area contributed by atoms with Crippen LogP contribution in [-0.4, -0.2) is 57.4 Å². The molecule has 1 aliphatic heterocycles. The third kappa shape index (κ3) is 4.13. The van der Waals surface area contributed by atoms with Crippen molar-refractivity contribution in [3.63, 3.8) is 0 Å². The molecule has 1 fully saturated rings.